The molecule has 0 saturated heterocycles. The highest BCUT2D eigenvalue weighted by molar-refractivity contribution is 6.42. The first-order valence-corrected chi connectivity index (χ1v) is 8.07. The Kier molecular flexibility index (Phi) is 3.43. The molecule has 2 fully saturated rings. The minimum Gasteiger partial charge on any atom is -0.473 e. The van der Waals surface area contributed by atoms with Gasteiger partial charge in [0.2, 0.25) is 5.88 Å². The SMILES string of the molecule is CC1(C)C2CCC1(C)C(Oc1nc(Cl)c(Cl)cc1Cl)C2. The molecular formula is C15H18Cl3NO. The van der Waals surface area contributed by atoms with Gasteiger partial charge in [-0.3, -0.25) is 0 Å². The van der Waals surface area contributed by atoms with Crippen molar-refractivity contribution in [2.24, 2.45) is 16.7 Å². The van der Waals surface area contributed by atoms with E-state index in [-0.39, 0.29) is 16.7 Å². The molecule has 2 aliphatic carbocycles. The van der Waals surface area contributed by atoms with Gasteiger partial charge in [-0.15, -0.1) is 0 Å². The van der Waals surface area contributed by atoms with Crippen LogP contribution >= 0.6 is 34.8 Å². The van der Waals surface area contributed by atoms with E-state index in [1.807, 2.05) is 0 Å². The van der Waals surface area contributed by atoms with E-state index in [1.165, 1.54) is 12.8 Å². The molecule has 1 heterocycles. The molecule has 2 saturated carbocycles. The summed E-state index contributed by atoms with van der Waals surface area (Å²) in [5, 5.41) is 1.01. The first-order chi connectivity index (χ1) is 9.25. The second-order valence-electron chi connectivity index (χ2n) is 6.76. The Morgan fingerprint density at radius 1 is 1.20 bits per heavy atom. The van der Waals surface area contributed by atoms with Crippen molar-refractivity contribution in [1.82, 2.24) is 4.98 Å². The Labute approximate surface area is 134 Å². The smallest absolute Gasteiger partial charge is 0.234 e. The number of rotatable bonds is 2. The normalized spacial score (nSPS) is 34.5. The van der Waals surface area contributed by atoms with Crippen LogP contribution in [0.2, 0.25) is 15.2 Å². The third-order valence-electron chi connectivity index (χ3n) is 5.82. The second-order valence-corrected chi connectivity index (χ2v) is 7.94. The molecule has 110 valence electrons. The summed E-state index contributed by atoms with van der Waals surface area (Å²) in [5.41, 5.74) is 0.454. The van der Waals surface area contributed by atoms with Gasteiger partial charge in [0.15, 0.2) is 5.15 Å². The molecule has 0 aliphatic heterocycles. The largest absolute Gasteiger partial charge is 0.473 e. The lowest BCUT2D eigenvalue weighted by molar-refractivity contribution is 0.0274. The van der Waals surface area contributed by atoms with Crippen molar-refractivity contribution in [3.8, 4) is 5.88 Å². The van der Waals surface area contributed by atoms with Crippen LogP contribution in [-0.4, -0.2) is 11.1 Å². The molecule has 2 aliphatic rings. The van der Waals surface area contributed by atoms with Gasteiger partial charge in [0, 0.05) is 5.41 Å². The number of halogens is 3. The van der Waals surface area contributed by atoms with Crippen molar-refractivity contribution >= 4 is 34.8 Å². The molecule has 0 radical (unpaired) electrons. The maximum absolute atomic E-state index is 6.17. The summed E-state index contributed by atoms with van der Waals surface area (Å²) in [6.45, 7) is 7.01. The highest BCUT2D eigenvalue weighted by Crippen LogP contribution is 2.66. The van der Waals surface area contributed by atoms with Crippen LogP contribution in [0, 0.1) is 16.7 Å². The van der Waals surface area contributed by atoms with Crippen molar-refractivity contribution in [2.45, 2.75) is 46.1 Å². The quantitative estimate of drug-likeness (QED) is 0.653. The molecule has 5 heteroatoms. The van der Waals surface area contributed by atoms with E-state index < -0.39 is 0 Å². The van der Waals surface area contributed by atoms with Gasteiger partial charge in [-0.2, -0.15) is 4.98 Å². The van der Waals surface area contributed by atoms with Crippen molar-refractivity contribution in [3.05, 3.63) is 21.3 Å². The van der Waals surface area contributed by atoms with Gasteiger partial charge in [0.1, 0.15) is 11.1 Å². The highest BCUT2D eigenvalue weighted by Gasteiger charge is 2.62. The van der Waals surface area contributed by atoms with E-state index in [9.17, 15) is 0 Å². The van der Waals surface area contributed by atoms with E-state index in [1.54, 1.807) is 6.07 Å². The number of fused-ring (bicyclic) bond motifs is 2. The Morgan fingerprint density at radius 2 is 1.90 bits per heavy atom. The van der Waals surface area contributed by atoms with Gasteiger partial charge >= 0.3 is 0 Å². The molecule has 20 heavy (non-hydrogen) atoms. The molecule has 0 amide bonds. The summed E-state index contributed by atoms with van der Waals surface area (Å²) >= 11 is 18.0. The summed E-state index contributed by atoms with van der Waals surface area (Å²) < 4.78 is 6.13. The Morgan fingerprint density at radius 3 is 2.45 bits per heavy atom. The van der Waals surface area contributed by atoms with Crippen LogP contribution < -0.4 is 4.74 Å². The predicted molar refractivity (Wildman–Crippen MR) is 82.9 cm³/mol. The molecule has 0 spiro atoms. The maximum Gasteiger partial charge on any atom is 0.234 e. The van der Waals surface area contributed by atoms with Crippen molar-refractivity contribution in [2.75, 3.05) is 0 Å². The van der Waals surface area contributed by atoms with Gasteiger partial charge < -0.3 is 4.74 Å². The monoisotopic (exact) mass is 333 g/mol. The fourth-order valence-electron chi connectivity index (χ4n) is 3.95. The first kappa shape index (κ1) is 14.7. The van der Waals surface area contributed by atoms with Crippen LogP contribution in [0.3, 0.4) is 0 Å². The third kappa shape index (κ3) is 1.95. The Balaban J connectivity index is 1.89. The van der Waals surface area contributed by atoms with Crippen molar-refractivity contribution in [1.29, 1.82) is 0 Å². The van der Waals surface area contributed by atoms with Crippen molar-refractivity contribution < 1.29 is 4.74 Å². The van der Waals surface area contributed by atoms with Crippen LogP contribution in [0.4, 0.5) is 0 Å². The van der Waals surface area contributed by atoms with Crippen LogP contribution in [0.1, 0.15) is 40.0 Å². The lowest BCUT2D eigenvalue weighted by Gasteiger charge is -2.38. The van der Waals surface area contributed by atoms with E-state index in [0.29, 0.717) is 27.3 Å². The van der Waals surface area contributed by atoms with Crippen LogP contribution in [0.25, 0.3) is 0 Å². The Bertz CT molecular complexity index is 560. The summed E-state index contributed by atoms with van der Waals surface area (Å²) in [6, 6.07) is 1.59. The molecule has 0 N–H and O–H groups in total. The Hall–Kier alpha value is -0.180. The van der Waals surface area contributed by atoms with Crippen LogP contribution in [0.15, 0.2) is 6.07 Å². The molecule has 2 bridgehead atoms. The van der Waals surface area contributed by atoms with Crippen LogP contribution in [0.5, 0.6) is 5.88 Å². The third-order valence-corrected chi connectivity index (χ3v) is 6.77. The molecule has 3 unspecified atom stereocenters. The number of pyridine rings is 1. The van der Waals surface area contributed by atoms with E-state index in [4.69, 9.17) is 39.5 Å². The van der Waals surface area contributed by atoms with E-state index in [0.717, 1.165) is 6.42 Å². The second kappa shape index (κ2) is 4.66. The lowest BCUT2D eigenvalue weighted by atomic mass is 9.70. The number of aromatic nitrogens is 1. The highest BCUT2D eigenvalue weighted by atomic mass is 35.5. The van der Waals surface area contributed by atoms with Gasteiger partial charge in [0.05, 0.1) is 5.02 Å². The fourth-order valence-corrected chi connectivity index (χ4v) is 4.49. The molecule has 1 aromatic rings. The molecule has 1 aromatic heterocycles. The summed E-state index contributed by atoms with van der Waals surface area (Å²) in [4.78, 5) is 4.18. The van der Waals surface area contributed by atoms with Gasteiger partial charge in [-0.05, 0) is 36.7 Å². The minimum absolute atomic E-state index is 0.137. The summed E-state index contributed by atoms with van der Waals surface area (Å²) in [7, 11) is 0. The number of ether oxygens (including phenoxy) is 1. The molecule has 2 nitrogen and oxygen atoms in total. The van der Waals surface area contributed by atoms with Gasteiger partial charge in [-0.1, -0.05) is 55.6 Å². The van der Waals surface area contributed by atoms with E-state index >= 15 is 0 Å². The summed E-state index contributed by atoms with van der Waals surface area (Å²) in [5.74, 6) is 1.11. The van der Waals surface area contributed by atoms with E-state index in [2.05, 4.69) is 25.8 Å². The molecule has 3 atom stereocenters. The molecule has 3 rings (SSSR count). The minimum atomic E-state index is 0.137. The average molecular weight is 335 g/mol. The van der Waals surface area contributed by atoms with Crippen LogP contribution in [-0.2, 0) is 0 Å². The number of hydrogen-bond acceptors (Lipinski definition) is 2. The van der Waals surface area contributed by atoms with Gasteiger partial charge in [-0.25, -0.2) is 0 Å². The number of hydrogen-bond donors (Lipinski definition) is 0. The predicted octanol–water partition coefficient (Wildman–Crippen LogP) is 5.64. The molecule has 0 aromatic carbocycles. The zero-order chi connectivity index (χ0) is 14.7. The standard InChI is InChI=1S/C15H18Cl3NO/c1-14(2)8-4-5-15(14,3)11(6-8)20-13-10(17)7-9(16)12(18)19-13/h7-8,11H,4-6H2,1-3H3. The lowest BCUT2D eigenvalue weighted by Crippen LogP contribution is -2.39. The summed E-state index contributed by atoms with van der Waals surface area (Å²) in [6.07, 6.45) is 3.67. The zero-order valence-corrected chi connectivity index (χ0v) is 14.1. The van der Waals surface area contributed by atoms with Gasteiger partial charge in [0.25, 0.3) is 0 Å². The first-order valence-electron chi connectivity index (χ1n) is 6.94. The maximum atomic E-state index is 6.17. The molecular weight excluding hydrogens is 317 g/mol. The topological polar surface area (TPSA) is 22.1 Å². The zero-order valence-electron chi connectivity index (χ0n) is 11.8. The van der Waals surface area contributed by atoms with Crippen molar-refractivity contribution in [3.63, 3.8) is 0 Å². The number of nitrogens with zero attached hydrogens (tertiary/aromatic N) is 1. The average Bonchev–Trinajstić information content (AvgIpc) is 2.69. The fraction of sp³-hybridized carbons (Fsp3) is 0.667.